The van der Waals surface area contributed by atoms with Gasteiger partial charge in [-0.3, -0.25) is 33.0 Å². The van der Waals surface area contributed by atoms with Gasteiger partial charge in [0.1, 0.15) is 108 Å². The molecule has 6 fully saturated rings. The van der Waals surface area contributed by atoms with E-state index in [4.69, 9.17) is 72.6 Å². The highest BCUT2D eigenvalue weighted by molar-refractivity contribution is 7.47. The van der Waals surface area contributed by atoms with Crippen molar-refractivity contribution in [3.8, 4) is 0 Å². The number of phosphoric ester groups is 1. The van der Waals surface area contributed by atoms with E-state index in [0.29, 0.717) is 18.8 Å². The zero-order valence-electron chi connectivity index (χ0n) is 62.2. The molecule has 0 aromatic carbocycles. The molecule has 5 amide bonds. The number of primary amides is 2. The normalized spacial score (nSPS) is 37.3. The van der Waals surface area contributed by atoms with Crippen LogP contribution in [0.2, 0.25) is 0 Å². The second kappa shape index (κ2) is 38.9. The fourth-order valence-electron chi connectivity index (χ4n) is 14.0. The number of carboxylic acids is 1. The van der Waals surface area contributed by atoms with Crippen LogP contribution in [0.4, 0.5) is 4.79 Å². The molecule has 1 saturated carbocycles. The van der Waals surface area contributed by atoms with Crippen molar-refractivity contribution in [1.29, 1.82) is 0 Å². The van der Waals surface area contributed by atoms with Gasteiger partial charge in [-0.2, -0.15) is 0 Å². The van der Waals surface area contributed by atoms with Gasteiger partial charge in [0.2, 0.25) is 17.7 Å². The van der Waals surface area contributed by atoms with Crippen LogP contribution in [-0.2, 0) is 94.5 Å². The van der Waals surface area contributed by atoms with Crippen molar-refractivity contribution in [1.82, 2.24) is 16.0 Å². The summed E-state index contributed by atoms with van der Waals surface area (Å²) in [5.41, 5.74) is 10.8. The molecule has 7 aliphatic rings. The van der Waals surface area contributed by atoms with Crippen LogP contribution in [0.3, 0.4) is 0 Å². The van der Waals surface area contributed by atoms with E-state index < -0.39 is 246 Å². The molecule has 624 valence electrons. The fraction of sp³-hybridized carbons (Fsp3) is 0.754. The maximum absolute atomic E-state index is 14.1. The van der Waals surface area contributed by atoms with E-state index in [2.05, 4.69) is 62.9 Å². The standard InChI is InChI=1S/C69H108N5O35P/c1-29(14-11-12-20-67(6,7)22-18-30(2)24-34-31(3)15-13-21-68(34,8)9)19-23-97-40(60(91)92)28-99-110(95,96)109-65-55(56(108-66(71)93)69(10,94)57(107-65)58(70)89)106-62-43(73-33(5)78)46(83)53(39(102-62)27-98-63-50(87)47(84)44(81)37(25-75)100-63)103-61-42(72-32(4)77)45(82)52(38(26-76)101-61)104-64-51(88)48(85)49(86)54(105-64)59(90)74-41-35(79)16-17-36(41)80/h12,19-20,34,37-40,42-57,61-65,75-76,79,81-88,94H,2-3,11,13-18,21-28H2,1,4-10H3,(H2,70,89)(H2,71,93)(H,72,77)(H,73,78)(H,74,90)(H,91,92)(H,95,96)/b20-12+,29-19+/t34?,37-,38-,39-,40-,42-,43-,44-,45-,46-,47+,48+,49-,50-,51-,52-,53-,54+,55-,56-,57-,61+,62+,63-,64-,65-,69+/m1/s1. The Morgan fingerprint density at radius 2 is 1.31 bits per heavy atom. The summed E-state index contributed by atoms with van der Waals surface area (Å²) in [5.74, 6) is -7.48. The van der Waals surface area contributed by atoms with Crippen LogP contribution >= 0.6 is 7.82 Å². The number of allylic oxidation sites excluding steroid dienone is 7. The highest BCUT2D eigenvalue weighted by Crippen LogP contribution is 2.50. The molecule has 5 heterocycles. The van der Waals surface area contributed by atoms with Gasteiger partial charge in [0, 0.05) is 26.7 Å². The Balaban J connectivity index is 1.13. The van der Waals surface area contributed by atoms with Crippen molar-refractivity contribution >= 4 is 49.3 Å². The first-order valence-corrected chi connectivity index (χ1v) is 37.3. The number of aliphatic carboxylic acids is 1. The lowest BCUT2D eigenvalue weighted by atomic mass is 9.64. The molecule has 28 atom stereocenters. The van der Waals surface area contributed by atoms with Gasteiger partial charge in [-0.25, -0.2) is 14.2 Å². The summed E-state index contributed by atoms with van der Waals surface area (Å²) in [6.07, 6.45) is -40.2. The van der Waals surface area contributed by atoms with Crippen LogP contribution in [-0.4, -0.2) is 305 Å². The molecule has 5 saturated heterocycles. The first-order chi connectivity index (χ1) is 51.3. The molecule has 0 radical (unpaired) electrons. The third-order valence-electron chi connectivity index (χ3n) is 20.4. The summed E-state index contributed by atoms with van der Waals surface area (Å²) in [5, 5.41) is 150. The number of hydrogen-bond acceptors (Lipinski definition) is 33. The second-order valence-electron chi connectivity index (χ2n) is 30.1. The highest BCUT2D eigenvalue weighted by atomic mass is 31.2. The van der Waals surface area contributed by atoms with E-state index in [1.54, 1.807) is 13.0 Å². The molecule has 5 aliphatic heterocycles. The number of carboxylic acid groups (broad SMARTS) is 1. The molecular formula is C69H108N5O35P. The zero-order valence-corrected chi connectivity index (χ0v) is 63.1. The quantitative estimate of drug-likeness (QED) is 0.0218. The Hall–Kier alpha value is -5.94. The van der Waals surface area contributed by atoms with E-state index in [0.717, 1.165) is 64.9 Å². The van der Waals surface area contributed by atoms with E-state index in [-0.39, 0.29) is 30.3 Å². The number of ketones is 1. The van der Waals surface area contributed by atoms with Crippen molar-refractivity contribution in [3.63, 3.8) is 0 Å². The summed E-state index contributed by atoms with van der Waals surface area (Å²) in [4.78, 5) is 102. The number of Topliss-reactive ketones (excluding diaryl/α,β-unsaturated/α-hetero) is 1. The van der Waals surface area contributed by atoms with Gasteiger partial charge in [-0.05, 0) is 82.0 Å². The maximum Gasteiger partial charge on any atom is 0.474 e. The van der Waals surface area contributed by atoms with Crippen molar-refractivity contribution in [3.05, 3.63) is 59.6 Å². The van der Waals surface area contributed by atoms with E-state index in [1.165, 1.54) is 11.1 Å². The fourth-order valence-corrected chi connectivity index (χ4v) is 14.9. The number of aliphatic hydroxyl groups is 12. The number of aliphatic hydroxyl groups excluding tert-OH is 11. The van der Waals surface area contributed by atoms with Crippen molar-refractivity contribution in [2.45, 2.75) is 279 Å². The lowest BCUT2D eigenvalue weighted by molar-refractivity contribution is -0.376. The molecule has 41 heteroatoms. The molecule has 0 aromatic rings. The van der Waals surface area contributed by atoms with Gasteiger partial charge >= 0.3 is 19.9 Å². The van der Waals surface area contributed by atoms with Crippen LogP contribution < -0.4 is 27.4 Å². The predicted molar refractivity (Wildman–Crippen MR) is 371 cm³/mol. The molecule has 21 N–H and O–H groups in total. The minimum absolute atomic E-state index is 0.151. The monoisotopic (exact) mass is 1600 g/mol. The third kappa shape index (κ3) is 23.2. The van der Waals surface area contributed by atoms with Gasteiger partial charge in [-0.1, -0.05) is 75.8 Å². The number of nitrogens with two attached hydrogens (primary N) is 2. The first kappa shape index (κ1) is 91.2. The van der Waals surface area contributed by atoms with Crippen molar-refractivity contribution in [2.24, 2.45) is 28.2 Å². The average Bonchev–Trinajstić information content (AvgIpc) is 0.908. The summed E-state index contributed by atoms with van der Waals surface area (Å²) < 4.78 is 88.6. The van der Waals surface area contributed by atoms with Gasteiger partial charge in [0.05, 0.1) is 33.0 Å². The largest absolute Gasteiger partial charge is 0.510 e. The summed E-state index contributed by atoms with van der Waals surface area (Å²) in [7, 11) is -5.87. The number of rotatable bonds is 35. The zero-order chi connectivity index (χ0) is 82.0. The molecular weight excluding hydrogens is 1490 g/mol. The Bertz CT molecular complexity index is 3390. The van der Waals surface area contributed by atoms with Gasteiger partial charge in [-0.15, -0.1) is 0 Å². The number of ether oxygens (including phenoxy) is 11. The molecule has 7 rings (SSSR count). The Morgan fingerprint density at radius 1 is 0.736 bits per heavy atom. The van der Waals surface area contributed by atoms with E-state index in [9.17, 15) is 109 Å². The van der Waals surface area contributed by atoms with Gasteiger partial charge in [0.25, 0.3) is 5.91 Å². The smallest absolute Gasteiger partial charge is 0.474 e. The lowest BCUT2D eigenvalue weighted by Crippen LogP contribution is -2.72. The van der Waals surface area contributed by atoms with Gasteiger partial charge < -0.3 is 151 Å². The van der Waals surface area contributed by atoms with Crippen LogP contribution in [0.25, 0.3) is 0 Å². The summed E-state index contributed by atoms with van der Waals surface area (Å²) in [6.45, 7) is 17.0. The molecule has 0 aromatic heterocycles. The number of nitrogens with one attached hydrogen (secondary N) is 3. The minimum Gasteiger partial charge on any atom is -0.510 e. The average molecular weight is 1600 g/mol. The molecule has 110 heavy (non-hydrogen) atoms. The highest BCUT2D eigenvalue weighted by Gasteiger charge is 2.63. The second-order valence-corrected chi connectivity index (χ2v) is 31.5. The van der Waals surface area contributed by atoms with E-state index in [1.807, 2.05) is 6.08 Å². The number of hydrogen-bond donors (Lipinski definition) is 19. The Kier molecular flexibility index (Phi) is 32.3. The third-order valence-corrected chi connectivity index (χ3v) is 21.3. The predicted octanol–water partition coefficient (Wildman–Crippen LogP) is -3.37. The first-order valence-electron chi connectivity index (χ1n) is 35.8. The topological polar surface area (TPSA) is 628 Å². The van der Waals surface area contributed by atoms with Crippen LogP contribution in [0.5, 0.6) is 0 Å². The molecule has 0 bridgehead atoms. The molecule has 40 nitrogen and oxygen atoms in total. The maximum atomic E-state index is 14.1. The van der Waals surface area contributed by atoms with Crippen molar-refractivity contribution < 1.29 is 171 Å². The SMILES string of the molecule is C=C(CCC(C)(C)/C=C/CC/C(C)=C/CO[C@H](COP(=O)(O)O[C@H]1O[C@H](C(N)=O)[C@@](C)(O)[C@H](OC(N)=O)[C@H]1O[C@@H]1O[C@H](CO[C@@H]2O[C@H](CO)[C@@H](O)[C@H](O)[C@H]2O)[C@@H](O[C@@H]2O[C@H](CO)[C@@H](O[C@@H]3O[C@H](C(=O)NC4=C(O)CCC4=O)[C@H](O)[C@H](O)[C@H]3O)[C@H](O)[C@H]2NC(C)=O)[C@H](O)[C@H]1NC(C)=O)C(=O)O)CC1C(=C)CCCC1(C)C. The lowest BCUT2D eigenvalue weighted by Gasteiger charge is -2.52. The Labute approximate surface area is 633 Å². The number of carbonyl (C=O) groups is 7. The summed E-state index contributed by atoms with van der Waals surface area (Å²) >= 11 is 0. The summed E-state index contributed by atoms with van der Waals surface area (Å²) in [6, 6.07) is -4.16. The van der Waals surface area contributed by atoms with Gasteiger partial charge in [0.15, 0.2) is 67.8 Å². The van der Waals surface area contributed by atoms with Crippen molar-refractivity contribution in [2.75, 3.05) is 33.0 Å². The number of phosphoric acid groups is 1. The van der Waals surface area contributed by atoms with Crippen LogP contribution in [0.1, 0.15) is 120 Å². The Morgan fingerprint density at radius 3 is 1.87 bits per heavy atom. The van der Waals surface area contributed by atoms with Crippen LogP contribution in [0.15, 0.2) is 59.6 Å². The van der Waals surface area contributed by atoms with E-state index >= 15 is 0 Å². The molecule has 2 aliphatic carbocycles. The number of amides is 5. The van der Waals surface area contributed by atoms with Crippen LogP contribution in [0, 0.1) is 16.7 Å². The molecule has 0 spiro atoms. The minimum atomic E-state index is -5.87. The number of carbonyl (C=O) groups excluding carboxylic acids is 6. The molecule has 2 unspecified atom stereocenters.